The molecular weight excluding hydrogens is 114 g/mol. The molecule has 2 N–H and O–H groups in total. The van der Waals surface area contributed by atoms with Crippen LogP contribution in [0.1, 0.15) is 6.92 Å². The SMILES string of the molecule is CC1C2CNCC12CO. The summed E-state index contributed by atoms with van der Waals surface area (Å²) in [5.41, 5.74) is 0.306. The van der Waals surface area contributed by atoms with Gasteiger partial charge in [-0.3, -0.25) is 0 Å². The zero-order chi connectivity index (χ0) is 6.48. The van der Waals surface area contributed by atoms with Crippen LogP contribution in [0.15, 0.2) is 0 Å². The van der Waals surface area contributed by atoms with E-state index >= 15 is 0 Å². The molecule has 52 valence electrons. The van der Waals surface area contributed by atoms with Crippen LogP contribution in [0, 0.1) is 17.3 Å². The molecule has 1 saturated heterocycles. The zero-order valence-electron chi connectivity index (χ0n) is 5.72. The van der Waals surface area contributed by atoms with Gasteiger partial charge in [-0.05, 0) is 18.4 Å². The summed E-state index contributed by atoms with van der Waals surface area (Å²) in [5, 5.41) is 12.3. The predicted octanol–water partition coefficient (Wildman–Crippen LogP) is -0.166. The van der Waals surface area contributed by atoms with Crippen molar-refractivity contribution < 1.29 is 5.11 Å². The number of rotatable bonds is 1. The van der Waals surface area contributed by atoms with Gasteiger partial charge in [-0.25, -0.2) is 0 Å². The van der Waals surface area contributed by atoms with Crippen LogP contribution in [-0.4, -0.2) is 24.8 Å². The van der Waals surface area contributed by atoms with Crippen LogP contribution in [0.2, 0.25) is 0 Å². The van der Waals surface area contributed by atoms with E-state index in [9.17, 15) is 0 Å². The van der Waals surface area contributed by atoms with Gasteiger partial charge in [0.1, 0.15) is 0 Å². The number of aliphatic hydroxyl groups excluding tert-OH is 1. The minimum absolute atomic E-state index is 0.306. The number of fused-ring (bicyclic) bond motifs is 1. The van der Waals surface area contributed by atoms with E-state index < -0.39 is 0 Å². The monoisotopic (exact) mass is 127 g/mol. The standard InChI is InChI=1S/C7H13NO/c1-5-6-2-8-3-7(5,6)4-9/h5-6,8-9H,2-4H2,1H3. The molecule has 2 fully saturated rings. The maximum Gasteiger partial charge on any atom is 0.0505 e. The van der Waals surface area contributed by atoms with Gasteiger partial charge in [-0.1, -0.05) is 6.92 Å². The summed E-state index contributed by atoms with van der Waals surface area (Å²) < 4.78 is 0. The summed E-state index contributed by atoms with van der Waals surface area (Å²) in [4.78, 5) is 0. The maximum atomic E-state index is 9.00. The van der Waals surface area contributed by atoms with Crippen molar-refractivity contribution in [2.24, 2.45) is 17.3 Å². The first-order valence-electron chi connectivity index (χ1n) is 3.63. The van der Waals surface area contributed by atoms with E-state index in [1.165, 1.54) is 0 Å². The summed E-state index contributed by atoms with van der Waals surface area (Å²) in [6.45, 7) is 4.78. The molecule has 3 atom stereocenters. The molecule has 0 aromatic heterocycles. The molecule has 2 rings (SSSR count). The van der Waals surface area contributed by atoms with E-state index in [1.807, 2.05) is 0 Å². The topological polar surface area (TPSA) is 32.3 Å². The van der Waals surface area contributed by atoms with Crippen molar-refractivity contribution in [3.8, 4) is 0 Å². The van der Waals surface area contributed by atoms with E-state index in [0.29, 0.717) is 12.0 Å². The van der Waals surface area contributed by atoms with Crippen molar-refractivity contribution in [2.45, 2.75) is 6.92 Å². The first kappa shape index (κ1) is 5.69. The van der Waals surface area contributed by atoms with Gasteiger partial charge < -0.3 is 10.4 Å². The van der Waals surface area contributed by atoms with E-state index in [4.69, 9.17) is 5.11 Å². The van der Waals surface area contributed by atoms with Gasteiger partial charge in [0.25, 0.3) is 0 Å². The lowest BCUT2D eigenvalue weighted by Crippen LogP contribution is -2.21. The Labute approximate surface area is 55.3 Å². The fourth-order valence-corrected chi connectivity index (χ4v) is 2.25. The van der Waals surface area contributed by atoms with Crippen molar-refractivity contribution >= 4 is 0 Å². The number of aliphatic hydroxyl groups is 1. The highest BCUT2D eigenvalue weighted by Gasteiger charge is 2.63. The van der Waals surface area contributed by atoms with Crippen LogP contribution in [0.4, 0.5) is 0 Å². The lowest BCUT2D eigenvalue weighted by molar-refractivity contribution is 0.204. The molecule has 1 aliphatic carbocycles. The lowest BCUT2D eigenvalue weighted by Gasteiger charge is -2.07. The first-order chi connectivity index (χ1) is 4.31. The minimum atomic E-state index is 0.306. The Morgan fingerprint density at radius 2 is 2.56 bits per heavy atom. The predicted molar refractivity (Wildman–Crippen MR) is 35.0 cm³/mol. The maximum absolute atomic E-state index is 9.00. The Morgan fingerprint density at radius 3 is 2.89 bits per heavy atom. The van der Waals surface area contributed by atoms with Gasteiger partial charge in [-0.2, -0.15) is 0 Å². The fraction of sp³-hybridized carbons (Fsp3) is 1.00. The third kappa shape index (κ3) is 0.485. The van der Waals surface area contributed by atoms with Crippen LogP contribution in [0.25, 0.3) is 0 Å². The Balaban J connectivity index is 2.13. The van der Waals surface area contributed by atoms with Crippen LogP contribution >= 0.6 is 0 Å². The van der Waals surface area contributed by atoms with E-state index in [-0.39, 0.29) is 0 Å². The number of nitrogens with one attached hydrogen (secondary N) is 1. The lowest BCUT2D eigenvalue weighted by atomic mass is 10.1. The molecule has 1 heterocycles. The Morgan fingerprint density at radius 1 is 1.78 bits per heavy atom. The highest BCUT2D eigenvalue weighted by Crippen LogP contribution is 2.59. The molecule has 0 bridgehead atoms. The Bertz CT molecular complexity index is 137. The van der Waals surface area contributed by atoms with Crippen LogP contribution < -0.4 is 5.32 Å². The zero-order valence-corrected chi connectivity index (χ0v) is 5.72. The number of hydrogen-bond acceptors (Lipinski definition) is 2. The molecule has 0 aromatic rings. The second-order valence-corrected chi connectivity index (χ2v) is 3.42. The second-order valence-electron chi connectivity index (χ2n) is 3.42. The molecule has 2 heteroatoms. The average Bonchev–Trinajstić information content (AvgIpc) is 2.29. The Hall–Kier alpha value is -0.0800. The molecule has 0 spiro atoms. The van der Waals surface area contributed by atoms with Crippen molar-refractivity contribution in [3.63, 3.8) is 0 Å². The van der Waals surface area contributed by atoms with Crippen LogP contribution in [-0.2, 0) is 0 Å². The highest BCUT2D eigenvalue weighted by atomic mass is 16.3. The molecule has 0 aromatic carbocycles. The third-order valence-corrected chi connectivity index (χ3v) is 3.25. The molecule has 2 nitrogen and oxygen atoms in total. The van der Waals surface area contributed by atoms with Gasteiger partial charge >= 0.3 is 0 Å². The van der Waals surface area contributed by atoms with Gasteiger partial charge in [0, 0.05) is 12.0 Å². The minimum Gasteiger partial charge on any atom is -0.396 e. The molecule has 1 aliphatic heterocycles. The van der Waals surface area contributed by atoms with Crippen LogP contribution in [0.3, 0.4) is 0 Å². The molecule has 3 unspecified atom stereocenters. The molecule has 0 amide bonds. The summed E-state index contributed by atoms with van der Waals surface area (Å²) in [5.74, 6) is 1.55. The van der Waals surface area contributed by atoms with Gasteiger partial charge in [-0.15, -0.1) is 0 Å². The quantitative estimate of drug-likeness (QED) is 0.513. The van der Waals surface area contributed by atoms with Gasteiger partial charge in [0.2, 0.25) is 0 Å². The average molecular weight is 127 g/mol. The summed E-state index contributed by atoms with van der Waals surface area (Å²) >= 11 is 0. The molecular formula is C7H13NO. The van der Waals surface area contributed by atoms with E-state index in [2.05, 4.69) is 12.2 Å². The summed E-state index contributed by atoms with van der Waals surface area (Å²) in [7, 11) is 0. The van der Waals surface area contributed by atoms with Crippen molar-refractivity contribution in [3.05, 3.63) is 0 Å². The first-order valence-corrected chi connectivity index (χ1v) is 3.63. The van der Waals surface area contributed by atoms with Crippen molar-refractivity contribution in [2.75, 3.05) is 19.7 Å². The fourth-order valence-electron chi connectivity index (χ4n) is 2.25. The van der Waals surface area contributed by atoms with Crippen molar-refractivity contribution in [1.82, 2.24) is 5.32 Å². The largest absolute Gasteiger partial charge is 0.396 e. The summed E-state index contributed by atoms with van der Waals surface area (Å²) in [6.07, 6.45) is 0. The normalized spacial score (nSPS) is 55.3. The smallest absolute Gasteiger partial charge is 0.0505 e. The highest BCUT2D eigenvalue weighted by molar-refractivity contribution is 5.14. The summed E-state index contributed by atoms with van der Waals surface area (Å²) in [6, 6.07) is 0. The number of hydrogen-bond donors (Lipinski definition) is 2. The van der Waals surface area contributed by atoms with Gasteiger partial charge in [0.05, 0.1) is 6.61 Å². The van der Waals surface area contributed by atoms with Gasteiger partial charge in [0.15, 0.2) is 0 Å². The molecule has 1 saturated carbocycles. The number of piperidine rings is 1. The molecule has 0 radical (unpaired) electrons. The Kier molecular flexibility index (Phi) is 0.945. The van der Waals surface area contributed by atoms with E-state index in [1.54, 1.807) is 0 Å². The van der Waals surface area contributed by atoms with Crippen LogP contribution in [0.5, 0.6) is 0 Å². The molecule has 2 aliphatic rings. The van der Waals surface area contributed by atoms with E-state index in [0.717, 1.165) is 24.9 Å². The molecule has 9 heavy (non-hydrogen) atoms. The van der Waals surface area contributed by atoms with Crippen molar-refractivity contribution in [1.29, 1.82) is 0 Å². The second kappa shape index (κ2) is 1.50. The third-order valence-electron chi connectivity index (χ3n) is 3.25.